The van der Waals surface area contributed by atoms with Crippen molar-refractivity contribution in [1.82, 2.24) is 9.55 Å². The summed E-state index contributed by atoms with van der Waals surface area (Å²) in [6, 6.07) is 13.3. The lowest BCUT2D eigenvalue weighted by Gasteiger charge is -2.06. The number of benzene rings is 1. The van der Waals surface area contributed by atoms with Gasteiger partial charge in [0.1, 0.15) is 4.83 Å². The van der Waals surface area contributed by atoms with Gasteiger partial charge in [-0.3, -0.25) is 9.36 Å². The van der Waals surface area contributed by atoms with Crippen molar-refractivity contribution in [2.24, 2.45) is 4.99 Å². The summed E-state index contributed by atoms with van der Waals surface area (Å²) in [4.78, 5) is 23.1. The van der Waals surface area contributed by atoms with Crippen molar-refractivity contribution in [2.45, 2.75) is 26.3 Å². The van der Waals surface area contributed by atoms with E-state index in [0.29, 0.717) is 16.7 Å². The highest BCUT2D eigenvalue weighted by atomic mass is 32.1. The van der Waals surface area contributed by atoms with Crippen LogP contribution in [0.25, 0.3) is 10.2 Å². The van der Waals surface area contributed by atoms with Gasteiger partial charge in [-0.1, -0.05) is 42.9 Å². The zero-order valence-corrected chi connectivity index (χ0v) is 13.2. The maximum absolute atomic E-state index is 12.7. The molecule has 22 heavy (non-hydrogen) atoms. The molecule has 0 aliphatic heterocycles. The van der Waals surface area contributed by atoms with Crippen LogP contribution in [0, 0.1) is 0 Å². The van der Waals surface area contributed by atoms with E-state index in [2.05, 4.69) is 16.9 Å². The summed E-state index contributed by atoms with van der Waals surface area (Å²) in [5.74, 6) is 0. The first kappa shape index (κ1) is 14.7. The molecule has 0 aliphatic rings. The Balaban J connectivity index is 2.27. The van der Waals surface area contributed by atoms with Gasteiger partial charge in [-0.15, -0.1) is 0 Å². The summed E-state index contributed by atoms with van der Waals surface area (Å²) < 4.78 is 1.77. The van der Waals surface area contributed by atoms with Crippen LogP contribution in [-0.4, -0.2) is 9.55 Å². The molecular formula is C17H17N3OS. The van der Waals surface area contributed by atoms with E-state index in [1.165, 1.54) is 11.3 Å². The molecule has 0 amide bonds. The van der Waals surface area contributed by atoms with Crippen molar-refractivity contribution in [3.05, 3.63) is 63.8 Å². The maximum Gasteiger partial charge on any atom is 0.263 e. The van der Waals surface area contributed by atoms with Crippen LogP contribution in [0.2, 0.25) is 0 Å². The second kappa shape index (κ2) is 6.66. The van der Waals surface area contributed by atoms with Crippen LogP contribution < -0.4 is 10.4 Å². The second-order valence-corrected chi connectivity index (χ2v) is 5.95. The largest absolute Gasteiger partial charge is 0.284 e. The van der Waals surface area contributed by atoms with Crippen LogP contribution in [0.4, 0.5) is 5.69 Å². The molecule has 1 aromatic carbocycles. The Kier molecular flexibility index (Phi) is 4.44. The van der Waals surface area contributed by atoms with E-state index in [1.54, 1.807) is 16.8 Å². The van der Waals surface area contributed by atoms with Gasteiger partial charge in [-0.2, -0.15) is 0 Å². The fourth-order valence-electron chi connectivity index (χ4n) is 2.22. The third kappa shape index (κ3) is 2.99. The number of hydrogen-bond acceptors (Lipinski definition) is 4. The lowest BCUT2D eigenvalue weighted by Crippen LogP contribution is -2.32. The average molecular weight is 311 g/mol. The topological polar surface area (TPSA) is 47.2 Å². The summed E-state index contributed by atoms with van der Waals surface area (Å²) in [6.07, 6.45) is 3.70. The highest BCUT2D eigenvalue weighted by Gasteiger charge is 2.07. The normalized spacial score (nSPS) is 12.0. The smallest absolute Gasteiger partial charge is 0.263 e. The molecule has 3 aromatic rings. The van der Waals surface area contributed by atoms with E-state index >= 15 is 0 Å². The van der Waals surface area contributed by atoms with Crippen molar-refractivity contribution in [1.29, 1.82) is 0 Å². The van der Waals surface area contributed by atoms with Gasteiger partial charge in [0.05, 0.1) is 11.1 Å². The average Bonchev–Trinajstić information content (AvgIpc) is 2.56. The molecule has 0 spiro atoms. The van der Waals surface area contributed by atoms with Gasteiger partial charge in [0.25, 0.3) is 5.56 Å². The van der Waals surface area contributed by atoms with Crippen molar-refractivity contribution in [3.8, 4) is 0 Å². The van der Waals surface area contributed by atoms with Gasteiger partial charge in [0.2, 0.25) is 0 Å². The van der Waals surface area contributed by atoms with E-state index in [0.717, 1.165) is 23.4 Å². The number of nitrogens with zero attached hydrogens (tertiary/aromatic N) is 3. The Hall–Kier alpha value is -2.27. The van der Waals surface area contributed by atoms with Crippen LogP contribution in [0.1, 0.15) is 19.8 Å². The summed E-state index contributed by atoms with van der Waals surface area (Å²) in [7, 11) is 0. The Bertz CT molecular complexity index is 897. The summed E-state index contributed by atoms with van der Waals surface area (Å²) >= 11 is 1.46. The van der Waals surface area contributed by atoms with E-state index in [-0.39, 0.29) is 5.56 Å². The minimum absolute atomic E-state index is 0.00928. The molecule has 2 aromatic heterocycles. The Morgan fingerprint density at radius 3 is 2.77 bits per heavy atom. The Morgan fingerprint density at radius 2 is 2.00 bits per heavy atom. The van der Waals surface area contributed by atoms with E-state index in [1.807, 2.05) is 36.4 Å². The number of pyridine rings is 1. The van der Waals surface area contributed by atoms with Crippen LogP contribution in [0.3, 0.4) is 0 Å². The molecule has 0 saturated carbocycles. The highest BCUT2D eigenvalue weighted by Crippen LogP contribution is 2.12. The molecular weight excluding hydrogens is 294 g/mol. The lowest BCUT2D eigenvalue weighted by atomic mass is 10.3. The molecule has 5 heteroatoms. The third-order valence-electron chi connectivity index (χ3n) is 3.38. The van der Waals surface area contributed by atoms with Crippen molar-refractivity contribution in [3.63, 3.8) is 0 Å². The summed E-state index contributed by atoms with van der Waals surface area (Å²) in [5, 5.41) is 0.663. The molecule has 112 valence electrons. The number of para-hydroxylation sites is 1. The minimum atomic E-state index is -0.00928. The molecule has 0 N–H and O–H groups in total. The standard InChI is InChI=1S/C17H17N3OS/c1-2-3-12-20-16(21)14-10-7-11-18-15(14)22-17(20)19-13-8-5-4-6-9-13/h4-11H,2-3,12H2,1H3. The molecule has 0 saturated heterocycles. The quantitative estimate of drug-likeness (QED) is 0.740. The van der Waals surface area contributed by atoms with Gasteiger partial charge in [0.15, 0.2) is 4.80 Å². The number of rotatable bonds is 4. The molecule has 0 atom stereocenters. The Labute approximate surface area is 132 Å². The molecule has 0 unspecified atom stereocenters. The zero-order chi connectivity index (χ0) is 15.4. The number of hydrogen-bond donors (Lipinski definition) is 0. The molecule has 3 rings (SSSR count). The van der Waals surface area contributed by atoms with Crippen molar-refractivity contribution >= 4 is 27.2 Å². The van der Waals surface area contributed by atoms with Gasteiger partial charge >= 0.3 is 0 Å². The molecule has 4 nitrogen and oxygen atoms in total. The highest BCUT2D eigenvalue weighted by molar-refractivity contribution is 7.15. The van der Waals surface area contributed by atoms with Gasteiger partial charge in [0, 0.05) is 12.7 Å². The number of fused-ring (bicyclic) bond motifs is 1. The van der Waals surface area contributed by atoms with Crippen LogP contribution >= 0.6 is 11.3 Å². The first-order valence-corrected chi connectivity index (χ1v) is 8.19. The van der Waals surface area contributed by atoms with Gasteiger partial charge < -0.3 is 0 Å². The van der Waals surface area contributed by atoms with E-state index in [9.17, 15) is 4.79 Å². The molecule has 0 aliphatic carbocycles. The summed E-state index contributed by atoms with van der Waals surface area (Å²) in [5.41, 5.74) is 0.837. The fourth-order valence-corrected chi connectivity index (χ4v) is 3.21. The number of aromatic nitrogens is 2. The van der Waals surface area contributed by atoms with E-state index < -0.39 is 0 Å². The first-order valence-electron chi connectivity index (χ1n) is 7.38. The predicted molar refractivity (Wildman–Crippen MR) is 90.5 cm³/mol. The monoisotopic (exact) mass is 311 g/mol. The third-order valence-corrected chi connectivity index (χ3v) is 4.39. The lowest BCUT2D eigenvalue weighted by molar-refractivity contribution is 0.602. The SMILES string of the molecule is CCCCn1c(=Nc2ccccc2)sc2ncccc2c1=O. The minimum Gasteiger partial charge on any atom is -0.284 e. The number of unbranched alkanes of at least 4 members (excludes halogenated alkanes) is 1. The molecule has 2 heterocycles. The van der Waals surface area contributed by atoms with Crippen molar-refractivity contribution < 1.29 is 0 Å². The first-order chi connectivity index (χ1) is 10.8. The van der Waals surface area contributed by atoms with E-state index in [4.69, 9.17) is 0 Å². The van der Waals surface area contributed by atoms with Crippen LogP contribution in [-0.2, 0) is 6.54 Å². The molecule has 0 fully saturated rings. The zero-order valence-electron chi connectivity index (χ0n) is 12.4. The predicted octanol–water partition coefficient (Wildman–Crippen LogP) is 3.49. The Morgan fingerprint density at radius 1 is 1.18 bits per heavy atom. The maximum atomic E-state index is 12.7. The summed E-state index contributed by atoms with van der Waals surface area (Å²) in [6.45, 7) is 2.80. The van der Waals surface area contributed by atoms with Crippen molar-refractivity contribution in [2.75, 3.05) is 0 Å². The molecule has 0 bridgehead atoms. The van der Waals surface area contributed by atoms with Gasteiger partial charge in [-0.25, -0.2) is 9.98 Å². The van der Waals surface area contributed by atoms with Crippen LogP contribution in [0.5, 0.6) is 0 Å². The molecule has 0 radical (unpaired) electrons. The second-order valence-electron chi connectivity index (χ2n) is 5.00. The van der Waals surface area contributed by atoms with Gasteiger partial charge in [-0.05, 0) is 30.7 Å². The fraction of sp³-hybridized carbons (Fsp3) is 0.235. The van der Waals surface area contributed by atoms with Crippen LogP contribution in [0.15, 0.2) is 58.4 Å².